The fourth-order valence-electron chi connectivity index (χ4n) is 2.79. The molecule has 0 unspecified atom stereocenters. The first-order valence-corrected chi connectivity index (χ1v) is 7.71. The van der Waals surface area contributed by atoms with E-state index in [0.717, 1.165) is 24.4 Å². The van der Waals surface area contributed by atoms with E-state index in [0.29, 0.717) is 11.9 Å². The molecule has 0 spiro atoms. The molecule has 4 rings (SSSR count). The highest BCUT2D eigenvalue weighted by molar-refractivity contribution is 5.39. The van der Waals surface area contributed by atoms with Crippen molar-refractivity contribution >= 4 is 0 Å². The van der Waals surface area contributed by atoms with Gasteiger partial charge in [-0.25, -0.2) is 4.98 Å². The highest BCUT2D eigenvalue weighted by Gasteiger charge is 2.20. The molecule has 0 radical (unpaired) electrons. The van der Waals surface area contributed by atoms with E-state index in [1.165, 1.54) is 36.8 Å². The summed E-state index contributed by atoms with van der Waals surface area (Å²) in [5.74, 6) is 1.43. The number of aromatic nitrogens is 2. The maximum Gasteiger partial charge on any atom is 0.238 e. The summed E-state index contributed by atoms with van der Waals surface area (Å²) in [6.45, 7) is 0.763. The summed E-state index contributed by atoms with van der Waals surface area (Å²) >= 11 is 0. The van der Waals surface area contributed by atoms with Crippen LogP contribution in [0.5, 0.6) is 11.6 Å². The van der Waals surface area contributed by atoms with Crippen molar-refractivity contribution in [3.63, 3.8) is 0 Å². The van der Waals surface area contributed by atoms with Crippen molar-refractivity contribution < 1.29 is 4.74 Å². The molecule has 0 bridgehead atoms. The van der Waals surface area contributed by atoms with Crippen LogP contribution in [0.2, 0.25) is 0 Å². The molecular formula is C17H19N3O. The van der Waals surface area contributed by atoms with Gasteiger partial charge in [0.15, 0.2) is 0 Å². The van der Waals surface area contributed by atoms with Crippen LogP contribution < -0.4 is 10.1 Å². The van der Waals surface area contributed by atoms with Crippen LogP contribution in [0, 0.1) is 0 Å². The van der Waals surface area contributed by atoms with Crippen molar-refractivity contribution in [2.24, 2.45) is 0 Å². The van der Waals surface area contributed by atoms with Crippen molar-refractivity contribution in [2.75, 3.05) is 0 Å². The van der Waals surface area contributed by atoms with Crippen LogP contribution >= 0.6 is 0 Å². The molecule has 4 heteroatoms. The van der Waals surface area contributed by atoms with Gasteiger partial charge in [-0.3, -0.25) is 4.98 Å². The van der Waals surface area contributed by atoms with Gasteiger partial charge in [0.2, 0.25) is 5.88 Å². The molecule has 2 aliphatic carbocycles. The smallest absolute Gasteiger partial charge is 0.238 e. The zero-order valence-corrected chi connectivity index (χ0v) is 12.0. The lowest BCUT2D eigenvalue weighted by Crippen LogP contribution is -2.16. The Morgan fingerprint density at radius 3 is 2.95 bits per heavy atom. The number of nitrogens with one attached hydrogen (secondary N) is 1. The van der Waals surface area contributed by atoms with Crippen LogP contribution in [0.1, 0.15) is 36.1 Å². The number of hydrogen-bond acceptors (Lipinski definition) is 4. The summed E-state index contributed by atoms with van der Waals surface area (Å²) < 4.78 is 5.87. The van der Waals surface area contributed by atoms with Gasteiger partial charge < -0.3 is 10.1 Å². The molecule has 1 N–H and O–H groups in total. The van der Waals surface area contributed by atoms with E-state index in [1.54, 1.807) is 12.4 Å². The van der Waals surface area contributed by atoms with Crippen LogP contribution in [0.25, 0.3) is 0 Å². The molecule has 1 fully saturated rings. The SMILES string of the molecule is c1cc2c(cc1Oc1cncc(CNC3CC3)n1)CCC2. The average molecular weight is 281 g/mol. The zero-order chi connectivity index (χ0) is 14.1. The molecule has 0 atom stereocenters. The maximum atomic E-state index is 5.87. The number of benzene rings is 1. The van der Waals surface area contributed by atoms with E-state index < -0.39 is 0 Å². The van der Waals surface area contributed by atoms with Crippen LogP contribution in [0.15, 0.2) is 30.6 Å². The van der Waals surface area contributed by atoms with Crippen molar-refractivity contribution in [3.05, 3.63) is 47.4 Å². The third-order valence-electron chi connectivity index (χ3n) is 4.10. The molecule has 2 aromatic rings. The van der Waals surface area contributed by atoms with Gasteiger partial charge in [-0.05, 0) is 55.4 Å². The quantitative estimate of drug-likeness (QED) is 0.915. The number of ether oxygens (including phenoxy) is 1. The fourth-order valence-corrected chi connectivity index (χ4v) is 2.79. The standard InChI is InChI=1S/C17H19N3O/c1-2-12-4-7-16(8-13(12)3-1)21-17-11-18-9-15(20-17)10-19-14-5-6-14/h4,7-9,11,14,19H,1-3,5-6,10H2. The molecule has 0 amide bonds. The highest BCUT2D eigenvalue weighted by atomic mass is 16.5. The fraction of sp³-hybridized carbons (Fsp3) is 0.412. The zero-order valence-electron chi connectivity index (χ0n) is 12.0. The third kappa shape index (κ3) is 3.05. The van der Waals surface area contributed by atoms with Crippen molar-refractivity contribution in [1.29, 1.82) is 0 Å². The van der Waals surface area contributed by atoms with Gasteiger partial charge in [0, 0.05) is 18.8 Å². The Morgan fingerprint density at radius 1 is 1.14 bits per heavy atom. The molecule has 1 saturated carbocycles. The lowest BCUT2D eigenvalue weighted by molar-refractivity contribution is 0.455. The molecule has 0 aliphatic heterocycles. The van der Waals surface area contributed by atoms with E-state index in [1.807, 2.05) is 6.07 Å². The Bertz CT molecular complexity index is 652. The Morgan fingerprint density at radius 2 is 2.05 bits per heavy atom. The minimum atomic E-state index is 0.572. The topological polar surface area (TPSA) is 47.0 Å². The van der Waals surface area contributed by atoms with Gasteiger partial charge in [0.05, 0.1) is 11.9 Å². The number of rotatable bonds is 5. The maximum absolute atomic E-state index is 5.87. The molecule has 2 aliphatic rings. The molecule has 21 heavy (non-hydrogen) atoms. The first-order valence-electron chi connectivity index (χ1n) is 7.71. The van der Waals surface area contributed by atoms with Gasteiger partial charge in [-0.2, -0.15) is 0 Å². The summed E-state index contributed by atoms with van der Waals surface area (Å²) in [4.78, 5) is 8.74. The summed E-state index contributed by atoms with van der Waals surface area (Å²) in [7, 11) is 0. The summed E-state index contributed by atoms with van der Waals surface area (Å²) in [6, 6.07) is 7.01. The number of fused-ring (bicyclic) bond motifs is 1. The van der Waals surface area contributed by atoms with Crippen LogP contribution in [0.4, 0.5) is 0 Å². The Labute approximate surface area is 124 Å². The van der Waals surface area contributed by atoms with Crippen molar-refractivity contribution in [1.82, 2.24) is 15.3 Å². The monoisotopic (exact) mass is 281 g/mol. The largest absolute Gasteiger partial charge is 0.437 e. The first-order chi connectivity index (χ1) is 10.4. The third-order valence-corrected chi connectivity index (χ3v) is 4.10. The second kappa shape index (κ2) is 5.45. The minimum Gasteiger partial charge on any atom is -0.437 e. The lowest BCUT2D eigenvalue weighted by atomic mass is 10.1. The van der Waals surface area contributed by atoms with Crippen molar-refractivity contribution in [2.45, 2.75) is 44.7 Å². The second-order valence-electron chi connectivity index (χ2n) is 5.89. The molecule has 1 heterocycles. The number of aryl methyl sites for hydroxylation is 2. The van der Waals surface area contributed by atoms with E-state index >= 15 is 0 Å². The normalized spacial score (nSPS) is 16.8. The minimum absolute atomic E-state index is 0.572. The van der Waals surface area contributed by atoms with Gasteiger partial charge in [0.1, 0.15) is 5.75 Å². The van der Waals surface area contributed by atoms with Crippen LogP contribution in [-0.2, 0) is 19.4 Å². The van der Waals surface area contributed by atoms with Gasteiger partial charge in [0.25, 0.3) is 0 Å². The number of hydrogen-bond donors (Lipinski definition) is 1. The summed E-state index contributed by atoms with van der Waals surface area (Å²) in [6.07, 6.45) is 9.62. The predicted octanol–water partition coefficient (Wildman–Crippen LogP) is 3.01. The first kappa shape index (κ1) is 12.8. The predicted molar refractivity (Wildman–Crippen MR) is 80.4 cm³/mol. The lowest BCUT2D eigenvalue weighted by Gasteiger charge is -2.08. The number of nitrogens with zero attached hydrogens (tertiary/aromatic N) is 2. The Kier molecular flexibility index (Phi) is 3.31. The van der Waals surface area contributed by atoms with E-state index in [-0.39, 0.29) is 0 Å². The molecular weight excluding hydrogens is 262 g/mol. The van der Waals surface area contributed by atoms with E-state index in [9.17, 15) is 0 Å². The molecule has 4 nitrogen and oxygen atoms in total. The second-order valence-corrected chi connectivity index (χ2v) is 5.89. The Balaban J connectivity index is 1.47. The molecule has 1 aromatic heterocycles. The van der Waals surface area contributed by atoms with Gasteiger partial charge in [-0.1, -0.05) is 6.07 Å². The molecule has 108 valence electrons. The van der Waals surface area contributed by atoms with Gasteiger partial charge in [-0.15, -0.1) is 0 Å². The summed E-state index contributed by atoms with van der Waals surface area (Å²) in [5.41, 5.74) is 3.79. The van der Waals surface area contributed by atoms with Crippen LogP contribution in [-0.4, -0.2) is 16.0 Å². The molecule has 1 aromatic carbocycles. The summed E-state index contributed by atoms with van der Waals surface area (Å²) in [5, 5.41) is 3.44. The van der Waals surface area contributed by atoms with E-state index in [2.05, 4.69) is 27.4 Å². The van der Waals surface area contributed by atoms with Gasteiger partial charge >= 0.3 is 0 Å². The highest BCUT2D eigenvalue weighted by Crippen LogP contribution is 2.28. The van der Waals surface area contributed by atoms with Crippen LogP contribution in [0.3, 0.4) is 0 Å². The average Bonchev–Trinajstić information content (AvgIpc) is 3.22. The van der Waals surface area contributed by atoms with Crippen molar-refractivity contribution in [3.8, 4) is 11.6 Å². The Hall–Kier alpha value is -1.94. The molecule has 0 saturated heterocycles. The van der Waals surface area contributed by atoms with E-state index in [4.69, 9.17) is 4.74 Å².